The van der Waals surface area contributed by atoms with E-state index in [1.165, 1.54) is 22.7 Å². The number of alkyl carbamates (subject to hydrolysis) is 1. The van der Waals surface area contributed by atoms with Crippen molar-refractivity contribution in [3.8, 4) is 5.88 Å². The number of H-pyrrole nitrogens is 2. The number of amides is 1. The van der Waals surface area contributed by atoms with Gasteiger partial charge < -0.3 is 39.7 Å². The second-order valence-electron chi connectivity index (χ2n) is 14.0. The SMILES string of the molecule is CC(C)CN(C[C@@H](O)[C@H](Cc1ccccc1)NC(=O)O[C@H]1COC2OCCC21)S(=O)(=O)c1ccc2[nH]c(O)c(C=NCc3nc4ccccc4[nH]3)c2c1. The molecule has 0 saturated carbocycles. The Morgan fingerprint density at radius 1 is 1.08 bits per heavy atom. The first-order valence-electron chi connectivity index (χ1n) is 17.8. The normalized spacial score (nSPS) is 20.1. The molecule has 0 aliphatic carbocycles. The average molecular weight is 745 g/mol. The Labute approximate surface area is 307 Å². The molecule has 2 aromatic heterocycles. The summed E-state index contributed by atoms with van der Waals surface area (Å²) in [7, 11) is -4.19. The van der Waals surface area contributed by atoms with Crippen LogP contribution in [0.4, 0.5) is 4.79 Å². The first-order valence-corrected chi connectivity index (χ1v) is 19.2. The third kappa shape index (κ3) is 8.24. The number of aliphatic hydroxyl groups excluding tert-OH is 1. The standard InChI is InChI=1S/C38H44N6O8S/c1-23(2)20-44(21-33(45)32(16-24-8-4-3-5-9-24)43-38(47)52-34-22-51-37-26(34)14-15-50-37)53(48,49)25-12-13-29-27(17-25)28(36(46)42-29)18-39-19-35-40-30-10-6-7-11-31(30)41-35/h3-13,17-18,23,26,32-34,37,42,45-46H,14-16,19-22H2,1-2H3,(H,40,41)(H,43,47)/t26?,32-,33+,34-,37?/m0/s1. The van der Waals surface area contributed by atoms with Gasteiger partial charge in [0.2, 0.25) is 10.0 Å². The van der Waals surface area contributed by atoms with Gasteiger partial charge in [-0.25, -0.2) is 18.2 Å². The molecule has 5 aromatic rings. The van der Waals surface area contributed by atoms with E-state index in [1.807, 2.05) is 68.4 Å². The average Bonchev–Trinajstić information content (AvgIpc) is 3.92. The maximum absolute atomic E-state index is 14.3. The number of aromatic nitrogens is 3. The van der Waals surface area contributed by atoms with Crippen LogP contribution in [-0.2, 0) is 37.2 Å². The number of aliphatic hydroxyl groups is 1. The van der Waals surface area contributed by atoms with E-state index in [2.05, 4.69) is 25.3 Å². The van der Waals surface area contributed by atoms with E-state index >= 15 is 0 Å². The second kappa shape index (κ2) is 15.7. The Morgan fingerprint density at radius 3 is 2.66 bits per heavy atom. The van der Waals surface area contributed by atoms with E-state index in [1.54, 1.807) is 6.07 Å². The molecule has 15 heteroatoms. The summed E-state index contributed by atoms with van der Waals surface area (Å²) in [5, 5.41) is 25.7. The molecule has 2 unspecified atom stereocenters. The summed E-state index contributed by atoms with van der Waals surface area (Å²) in [5.41, 5.74) is 3.40. The van der Waals surface area contributed by atoms with E-state index in [9.17, 15) is 23.4 Å². The summed E-state index contributed by atoms with van der Waals surface area (Å²) in [6, 6.07) is 20.6. The van der Waals surface area contributed by atoms with Gasteiger partial charge in [0.25, 0.3) is 0 Å². The lowest BCUT2D eigenvalue weighted by Crippen LogP contribution is -2.51. The highest BCUT2D eigenvalue weighted by molar-refractivity contribution is 7.89. The highest BCUT2D eigenvalue weighted by Gasteiger charge is 2.44. The molecule has 0 radical (unpaired) electrons. The van der Waals surface area contributed by atoms with Crippen LogP contribution in [0.25, 0.3) is 21.9 Å². The van der Waals surface area contributed by atoms with Crippen LogP contribution in [0, 0.1) is 11.8 Å². The molecule has 0 bridgehead atoms. The van der Waals surface area contributed by atoms with Crippen molar-refractivity contribution in [3.05, 3.63) is 89.7 Å². The Morgan fingerprint density at radius 2 is 1.87 bits per heavy atom. The first kappa shape index (κ1) is 36.6. The number of nitrogens with zero attached hydrogens (tertiary/aromatic N) is 3. The van der Waals surface area contributed by atoms with Crippen LogP contribution < -0.4 is 5.32 Å². The second-order valence-corrected chi connectivity index (χ2v) is 15.9. The Kier molecular flexibility index (Phi) is 10.8. The zero-order valence-electron chi connectivity index (χ0n) is 29.5. The smallest absolute Gasteiger partial charge is 0.407 e. The van der Waals surface area contributed by atoms with E-state index in [-0.39, 0.29) is 55.3 Å². The number of aromatic hydroxyl groups is 1. The number of fused-ring (bicyclic) bond motifs is 3. The van der Waals surface area contributed by atoms with Crippen molar-refractivity contribution in [1.29, 1.82) is 0 Å². The lowest BCUT2D eigenvalue weighted by Gasteiger charge is -2.31. The molecule has 280 valence electrons. The number of rotatable bonds is 14. The van der Waals surface area contributed by atoms with Gasteiger partial charge in [-0.1, -0.05) is 56.3 Å². The largest absolute Gasteiger partial charge is 0.494 e. The Balaban J connectivity index is 1.11. The molecule has 0 spiro atoms. The van der Waals surface area contributed by atoms with E-state index in [0.29, 0.717) is 35.3 Å². The van der Waals surface area contributed by atoms with Gasteiger partial charge in [-0.15, -0.1) is 0 Å². The minimum absolute atomic E-state index is 0.0228. The molecular weight excluding hydrogens is 701 g/mol. The molecule has 5 atom stereocenters. The van der Waals surface area contributed by atoms with Gasteiger partial charge in [-0.05, 0) is 54.7 Å². The molecule has 2 saturated heterocycles. The van der Waals surface area contributed by atoms with Gasteiger partial charge in [0.1, 0.15) is 11.9 Å². The van der Waals surface area contributed by atoms with E-state index < -0.39 is 40.7 Å². The van der Waals surface area contributed by atoms with Gasteiger partial charge in [0.15, 0.2) is 12.2 Å². The van der Waals surface area contributed by atoms with Gasteiger partial charge >= 0.3 is 6.09 Å². The fraction of sp³-hybridized carbons (Fsp3) is 0.395. The van der Waals surface area contributed by atoms with Crippen molar-refractivity contribution in [1.82, 2.24) is 24.6 Å². The van der Waals surface area contributed by atoms with Crippen molar-refractivity contribution in [3.63, 3.8) is 0 Å². The summed E-state index contributed by atoms with van der Waals surface area (Å²) in [4.78, 5) is 28.3. The highest BCUT2D eigenvalue weighted by atomic mass is 32.2. The number of aliphatic imine (C=N–C) groups is 1. The summed E-state index contributed by atoms with van der Waals surface area (Å²) >= 11 is 0. The van der Waals surface area contributed by atoms with Crippen LogP contribution in [0.15, 0.2) is 82.7 Å². The topological polar surface area (TPSA) is 191 Å². The fourth-order valence-corrected chi connectivity index (χ4v) is 8.61. The molecule has 2 aliphatic rings. The van der Waals surface area contributed by atoms with Crippen molar-refractivity contribution >= 4 is 44.3 Å². The zero-order chi connectivity index (χ0) is 37.1. The lowest BCUT2D eigenvalue weighted by atomic mass is 10.0. The molecule has 2 fully saturated rings. The van der Waals surface area contributed by atoms with E-state index in [4.69, 9.17) is 14.2 Å². The maximum atomic E-state index is 14.3. The van der Waals surface area contributed by atoms with Crippen molar-refractivity contribution in [2.75, 3.05) is 26.3 Å². The number of carbonyl (C=O) groups excluding carboxylic acids is 1. The zero-order valence-corrected chi connectivity index (χ0v) is 30.3. The van der Waals surface area contributed by atoms with Gasteiger partial charge in [-0.3, -0.25) is 4.99 Å². The van der Waals surface area contributed by atoms with Crippen molar-refractivity contribution in [2.45, 2.75) is 62.7 Å². The van der Waals surface area contributed by atoms with Crippen molar-refractivity contribution in [2.24, 2.45) is 16.8 Å². The molecule has 14 nitrogen and oxygen atoms in total. The molecule has 53 heavy (non-hydrogen) atoms. The van der Waals surface area contributed by atoms with E-state index in [0.717, 1.165) is 16.6 Å². The third-order valence-electron chi connectivity index (χ3n) is 9.60. The van der Waals surface area contributed by atoms with Gasteiger partial charge in [0, 0.05) is 30.2 Å². The number of imidazole rings is 1. The summed E-state index contributed by atoms with van der Waals surface area (Å²) in [6.07, 6.45) is -0.480. The lowest BCUT2D eigenvalue weighted by molar-refractivity contribution is -0.0907. The van der Waals surface area contributed by atoms with Gasteiger partial charge in [0.05, 0.1) is 59.3 Å². The molecule has 5 N–H and O–H groups in total. The number of sulfonamides is 1. The number of hydrogen-bond donors (Lipinski definition) is 5. The van der Waals surface area contributed by atoms with Crippen LogP contribution >= 0.6 is 0 Å². The number of ether oxygens (including phenoxy) is 3. The maximum Gasteiger partial charge on any atom is 0.407 e. The van der Waals surface area contributed by atoms with Crippen LogP contribution in [0.1, 0.15) is 37.2 Å². The molecule has 3 aromatic carbocycles. The third-order valence-corrected chi connectivity index (χ3v) is 11.4. The Bertz CT molecular complexity index is 2150. The van der Waals surface area contributed by atoms with Crippen LogP contribution in [0.3, 0.4) is 0 Å². The molecule has 2 aliphatic heterocycles. The van der Waals surface area contributed by atoms with Crippen LogP contribution in [0.5, 0.6) is 5.88 Å². The first-order chi connectivity index (χ1) is 25.5. The predicted molar refractivity (Wildman–Crippen MR) is 198 cm³/mol. The number of carbonyl (C=O) groups is 1. The minimum Gasteiger partial charge on any atom is -0.494 e. The molecule has 1 amide bonds. The predicted octanol–water partition coefficient (Wildman–Crippen LogP) is 4.48. The number of hydrogen-bond acceptors (Lipinski definition) is 10. The van der Waals surface area contributed by atoms with Crippen LogP contribution in [0.2, 0.25) is 0 Å². The van der Waals surface area contributed by atoms with Crippen molar-refractivity contribution < 1.29 is 37.6 Å². The monoisotopic (exact) mass is 744 g/mol. The summed E-state index contributed by atoms with van der Waals surface area (Å²) < 4.78 is 46.8. The van der Waals surface area contributed by atoms with Gasteiger partial charge in [-0.2, -0.15) is 4.31 Å². The number of aromatic amines is 2. The minimum atomic E-state index is -4.19. The molecular formula is C38H44N6O8S. The number of nitrogens with one attached hydrogen (secondary N) is 3. The number of benzene rings is 3. The molecule has 7 rings (SSSR count). The molecule has 4 heterocycles. The quantitative estimate of drug-likeness (QED) is 0.102. The van der Waals surface area contributed by atoms with Crippen LogP contribution in [-0.4, -0.2) is 101 Å². The fourth-order valence-electron chi connectivity index (χ4n) is 6.96. The summed E-state index contributed by atoms with van der Waals surface area (Å²) in [6.45, 7) is 4.54. The highest BCUT2D eigenvalue weighted by Crippen LogP contribution is 2.33. The Hall–Kier alpha value is -4.80. The number of para-hydroxylation sites is 2. The summed E-state index contributed by atoms with van der Waals surface area (Å²) in [5.74, 6) is 0.338.